The van der Waals surface area contributed by atoms with Crippen LogP contribution in [0.2, 0.25) is 0 Å². The van der Waals surface area contributed by atoms with Crippen molar-refractivity contribution < 1.29 is 0 Å². The highest BCUT2D eigenvalue weighted by molar-refractivity contribution is 5.81. The molecule has 0 radical (unpaired) electrons. The van der Waals surface area contributed by atoms with Crippen LogP contribution in [-0.4, -0.2) is 23.0 Å². The quantitative estimate of drug-likeness (QED) is 0.605. The number of hydrogen-bond acceptors (Lipinski definition) is 4. The molecule has 0 fully saturated rings. The Morgan fingerprint density at radius 1 is 1.29 bits per heavy atom. The Morgan fingerprint density at radius 2 is 2.05 bits per heavy atom. The van der Waals surface area contributed by atoms with Crippen molar-refractivity contribution in [1.29, 1.82) is 0 Å². The van der Waals surface area contributed by atoms with Gasteiger partial charge >= 0.3 is 0 Å². The topological polar surface area (TPSA) is 54.2 Å². The fourth-order valence-corrected chi connectivity index (χ4v) is 2.52. The van der Waals surface area contributed by atoms with E-state index in [0.717, 1.165) is 41.9 Å². The van der Waals surface area contributed by atoms with Crippen LogP contribution < -0.4 is 11.3 Å². The second-order valence-electron chi connectivity index (χ2n) is 5.67. The van der Waals surface area contributed by atoms with Gasteiger partial charge in [0.25, 0.3) is 0 Å². The molecule has 1 atom stereocenters. The zero-order chi connectivity index (χ0) is 15.2. The van der Waals surface area contributed by atoms with E-state index >= 15 is 0 Å². The largest absolute Gasteiger partial charge is 0.308 e. The SMILES string of the molecule is CCC(C)CN(CC)Cc1cc2ccccc2nc1NN. The number of aromatic nitrogens is 1. The number of rotatable bonds is 7. The van der Waals surface area contributed by atoms with Crippen LogP contribution in [0.4, 0.5) is 5.82 Å². The van der Waals surface area contributed by atoms with Crippen LogP contribution in [0.3, 0.4) is 0 Å². The van der Waals surface area contributed by atoms with Gasteiger partial charge in [-0.3, -0.25) is 4.90 Å². The van der Waals surface area contributed by atoms with Gasteiger partial charge in [0.05, 0.1) is 5.52 Å². The lowest BCUT2D eigenvalue weighted by atomic mass is 10.1. The molecular weight excluding hydrogens is 260 g/mol. The minimum Gasteiger partial charge on any atom is -0.308 e. The summed E-state index contributed by atoms with van der Waals surface area (Å²) in [7, 11) is 0. The summed E-state index contributed by atoms with van der Waals surface area (Å²) in [5.41, 5.74) is 4.87. The number of fused-ring (bicyclic) bond motifs is 1. The molecule has 0 spiro atoms. The number of anilines is 1. The summed E-state index contributed by atoms with van der Waals surface area (Å²) in [5.74, 6) is 7.13. The second kappa shape index (κ2) is 7.38. The van der Waals surface area contributed by atoms with Gasteiger partial charge in [-0.25, -0.2) is 10.8 Å². The molecule has 3 N–H and O–H groups in total. The number of hydrazine groups is 1. The molecule has 2 rings (SSSR count). The first-order valence-electron chi connectivity index (χ1n) is 7.75. The third-order valence-corrected chi connectivity index (χ3v) is 4.05. The molecule has 4 heteroatoms. The van der Waals surface area contributed by atoms with Crippen LogP contribution in [0.15, 0.2) is 30.3 Å². The Kier molecular flexibility index (Phi) is 5.53. The van der Waals surface area contributed by atoms with E-state index in [0.29, 0.717) is 5.92 Å². The molecule has 114 valence electrons. The number of nitrogen functional groups attached to an aromatic ring is 1. The van der Waals surface area contributed by atoms with E-state index in [4.69, 9.17) is 5.84 Å². The third-order valence-electron chi connectivity index (χ3n) is 4.05. The van der Waals surface area contributed by atoms with Crippen LogP contribution in [0.25, 0.3) is 10.9 Å². The fourth-order valence-electron chi connectivity index (χ4n) is 2.52. The van der Waals surface area contributed by atoms with E-state index in [1.54, 1.807) is 0 Å². The van der Waals surface area contributed by atoms with E-state index in [2.05, 4.69) is 48.2 Å². The van der Waals surface area contributed by atoms with Crippen molar-refractivity contribution in [2.75, 3.05) is 18.5 Å². The lowest BCUT2D eigenvalue weighted by molar-refractivity contribution is 0.238. The lowest BCUT2D eigenvalue weighted by Gasteiger charge is -2.24. The molecule has 0 aliphatic carbocycles. The molecule has 1 unspecified atom stereocenters. The highest BCUT2D eigenvalue weighted by Gasteiger charge is 2.12. The smallest absolute Gasteiger partial charge is 0.145 e. The predicted octanol–water partition coefficient (Wildman–Crippen LogP) is 3.39. The number of benzene rings is 1. The minimum atomic E-state index is 0.702. The average molecular weight is 286 g/mol. The van der Waals surface area contributed by atoms with Gasteiger partial charge in [0.15, 0.2) is 0 Å². The van der Waals surface area contributed by atoms with Crippen LogP contribution in [0.5, 0.6) is 0 Å². The van der Waals surface area contributed by atoms with Crippen molar-refractivity contribution >= 4 is 16.7 Å². The Hall–Kier alpha value is -1.65. The highest BCUT2D eigenvalue weighted by Crippen LogP contribution is 2.21. The molecule has 1 aromatic carbocycles. The number of nitrogens with zero attached hydrogens (tertiary/aromatic N) is 2. The second-order valence-corrected chi connectivity index (χ2v) is 5.67. The summed E-state index contributed by atoms with van der Waals surface area (Å²) >= 11 is 0. The van der Waals surface area contributed by atoms with E-state index in [-0.39, 0.29) is 0 Å². The Morgan fingerprint density at radius 3 is 2.71 bits per heavy atom. The standard InChI is InChI=1S/C17H26N4/c1-4-13(3)11-21(5-2)12-15-10-14-8-6-7-9-16(14)19-17(15)20-18/h6-10,13H,4-5,11-12,18H2,1-3H3,(H,19,20). The van der Waals surface area contributed by atoms with Gasteiger partial charge in [0.2, 0.25) is 0 Å². The molecule has 0 aliphatic rings. The minimum absolute atomic E-state index is 0.702. The maximum Gasteiger partial charge on any atom is 0.145 e. The van der Waals surface area contributed by atoms with Crippen molar-refractivity contribution in [3.63, 3.8) is 0 Å². The zero-order valence-electron chi connectivity index (χ0n) is 13.3. The molecule has 0 saturated heterocycles. The van der Waals surface area contributed by atoms with Gasteiger partial charge < -0.3 is 5.43 Å². The molecule has 4 nitrogen and oxygen atoms in total. The highest BCUT2D eigenvalue weighted by atomic mass is 15.3. The molecule has 0 saturated carbocycles. The lowest BCUT2D eigenvalue weighted by Crippen LogP contribution is -2.28. The van der Waals surface area contributed by atoms with Gasteiger partial charge in [-0.05, 0) is 24.6 Å². The Labute approximate surface area is 127 Å². The van der Waals surface area contributed by atoms with E-state index < -0.39 is 0 Å². The van der Waals surface area contributed by atoms with Crippen molar-refractivity contribution in [3.05, 3.63) is 35.9 Å². The van der Waals surface area contributed by atoms with Gasteiger partial charge in [-0.15, -0.1) is 0 Å². The molecule has 21 heavy (non-hydrogen) atoms. The number of hydrogen-bond donors (Lipinski definition) is 2. The molecule has 0 amide bonds. The normalized spacial score (nSPS) is 12.8. The predicted molar refractivity (Wildman–Crippen MR) is 90.0 cm³/mol. The summed E-state index contributed by atoms with van der Waals surface area (Å²) in [6.45, 7) is 9.74. The van der Waals surface area contributed by atoms with E-state index in [1.807, 2.05) is 18.2 Å². The number of para-hydroxylation sites is 1. The first-order valence-corrected chi connectivity index (χ1v) is 7.75. The zero-order valence-corrected chi connectivity index (χ0v) is 13.3. The van der Waals surface area contributed by atoms with E-state index in [1.165, 1.54) is 6.42 Å². The maximum absolute atomic E-state index is 5.66. The number of nitrogens with two attached hydrogens (primary N) is 1. The maximum atomic E-state index is 5.66. The van der Waals surface area contributed by atoms with Crippen LogP contribution >= 0.6 is 0 Å². The monoisotopic (exact) mass is 286 g/mol. The van der Waals surface area contributed by atoms with Gasteiger partial charge in [0, 0.05) is 24.0 Å². The molecule has 1 aromatic heterocycles. The summed E-state index contributed by atoms with van der Waals surface area (Å²) in [6.07, 6.45) is 1.20. The molecular formula is C17H26N4. The Bertz CT molecular complexity index is 582. The summed E-state index contributed by atoms with van der Waals surface area (Å²) in [6, 6.07) is 10.3. The van der Waals surface area contributed by atoms with Crippen molar-refractivity contribution in [2.24, 2.45) is 11.8 Å². The summed E-state index contributed by atoms with van der Waals surface area (Å²) in [4.78, 5) is 7.06. The average Bonchev–Trinajstić information content (AvgIpc) is 2.53. The van der Waals surface area contributed by atoms with Crippen molar-refractivity contribution in [1.82, 2.24) is 9.88 Å². The number of pyridine rings is 1. The van der Waals surface area contributed by atoms with Crippen molar-refractivity contribution in [3.8, 4) is 0 Å². The molecule has 0 aliphatic heterocycles. The Balaban J connectivity index is 2.26. The first-order chi connectivity index (χ1) is 10.2. The van der Waals surface area contributed by atoms with Crippen LogP contribution in [-0.2, 0) is 6.54 Å². The molecule has 0 bridgehead atoms. The fraction of sp³-hybridized carbons (Fsp3) is 0.471. The van der Waals surface area contributed by atoms with Crippen LogP contribution in [0.1, 0.15) is 32.8 Å². The van der Waals surface area contributed by atoms with Gasteiger partial charge in [0.1, 0.15) is 5.82 Å². The third kappa shape index (κ3) is 3.93. The first kappa shape index (κ1) is 15.7. The van der Waals surface area contributed by atoms with Crippen molar-refractivity contribution in [2.45, 2.75) is 33.7 Å². The van der Waals surface area contributed by atoms with Gasteiger partial charge in [-0.2, -0.15) is 0 Å². The summed E-state index contributed by atoms with van der Waals surface area (Å²) in [5, 5.41) is 1.16. The summed E-state index contributed by atoms with van der Waals surface area (Å²) < 4.78 is 0. The van der Waals surface area contributed by atoms with Crippen LogP contribution in [0, 0.1) is 5.92 Å². The molecule has 2 aromatic rings. The number of nitrogens with one attached hydrogen (secondary N) is 1. The molecule has 1 heterocycles. The van der Waals surface area contributed by atoms with Gasteiger partial charge in [-0.1, -0.05) is 45.4 Å². The van der Waals surface area contributed by atoms with E-state index in [9.17, 15) is 0 Å².